The molecule has 0 aliphatic heterocycles. The Morgan fingerprint density at radius 2 is 1.95 bits per heavy atom. The van der Waals surface area contributed by atoms with Crippen LogP contribution in [0.1, 0.15) is 15.9 Å². The topological polar surface area (TPSA) is 48.3 Å². The lowest BCUT2D eigenvalue weighted by molar-refractivity contribution is 0.0968. The molecule has 0 saturated heterocycles. The van der Waals surface area contributed by atoms with Crippen molar-refractivity contribution in [2.45, 2.75) is 13.5 Å². The summed E-state index contributed by atoms with van der Waals surface area (Å²) in [5.41, 5.74) is 0.958. The van der Waals surface area contributed by atoms with E-state index in [0.717, 1.165) is 0 Å². The quantitative estimate of drug-likeness (QED) is 0.788. The molecule has 19 heavy (non-hydrogen) atoms. The van der Waals surface area contributed by atoms with E-state index in [2.05, 4.69) is 0 Å². The van der Waals surface area contributed by atoms with E-state index in [0.29, 0.717) is 16.9 Å². The van der Waals surface area contributed by atoms with Gasteiger partial charge in [-0.3, -0.25) is 9.59 Å². The highest BCUT2D eigenvalue weighted by atomic mass is 16.5. The first-order chi connectivity index (χ1) is 9.13. The highest BCUT2D eigenvalue weighted by molar-refractivity contribution is 5.98. The zero-order chi connectivity index (χ0) is 13.8. The second kappa shape index (κ2) is 5.52. The number of carbonyl (C=O) groups excluding carboxylic acids is 1. The number of pyridine rings is 1. The van der Waals surface area contributed by atoms with Gasteiger partial charge in [-0.25, -0.2) is 0 Å². The van der Waals surface area contributed by atoms with Gasteiger partial charge in [0.25, 0.3) is 5.56 Å². The summed E-state index contributed by atoms with van der Waals surface area (Å²) in [7, 11) is 1.52. The van der Waals surface area contributed by atoms with Crippen LogP contribution >= 0.6 is 0 Å². The Morgan fingerprint density at radius 1 is 1.21 bits per heavy atom. The molecule has 0 unspecified atom stereocenters. The van der Waals surface area contributed by atoms with Gasteiger partial charge in [0.05, 0.1) is 19.2 Å². The number of hydrogen-bond donors (Lipinski definition) is 0. The highest BCUT2D eigenvalue weighted by Crippen LogP contribution is 2.18. The van der Waals surface area contributed by atoms with Gasteiger partial charge in [-0.2, -0.15) is 0 Å². The van der Waals surface area contributed by atoms with Gasteiger partial charge in [0.15, 0.2) is 5.78 Å². The Balaban J connectivity index is 2.31. The molecule has 0 radical (unpaired) electrons. The minimum atomic E-state index is -0.148. The van der Waals surface area contributed by atoms with Gasteiger partial charge in [0.2, 0.25) is 0 Å². The number of ether oxygens (including phenoxy) is 1. The lowest BCUT2D eigenvalue weighted by Crippen LogP contribution is -2.25. The number of aromatic nitrogens is 1. The molecule has 2 rings (SSSR count). The normalized spacial score (nSPS) is 10.2. The number of nitrogens with zero attached hydrogens (tertiary/aromatic N) is 1. The summed E-state index contributed by atoms with van der Waals surface area (Å²) in [5, 5.41) is 0. The standard InChI is InChI=1S/C15H15NO3/c1-11-6-5-9-16(15(11)18)10-13(17)12-7-3-4-8-14(12)19-2/h3-9H,10H2,1-2H3. The fourth-order valence-corrected chi connectivity index (χ4v) is 1.90. The lowest BCUT2D eigenvalue weighted by Gasteiger charge is -2.09. The maximum atomic E-state index is 12.2. The van der Waals surface area contributed by atoms with Crippen molar-refractivity contribution in [3.05, 3.63) is 64.1 Å². The molecule has 0 spiro atoms. The number of aryl methyl sites for hydroxylation is 1. The summed E-state index contributed by atoms with van der Waals surface area (Å²) in [4.78, 5) is 24.1. The lowest BCUT2D eigenvalue weighted by atomic mass is 10.1. The van der Waals surface area contributed by atoms with Crippen molar-refractivity contribution in [1.29, 1.82) is 0 Å². The molecule has 0 fully saturated rings. The van der Waals surface area contributed by atoms with Gasteiger partial charge in [-0.1, -0.05) is 18.2 Å². The molecule has 0 bridgehead atoms. The Morgan fingerprint density at radius 3 is 2.68 bits per heavy atom. The molecule has 0 aliphatic rings. The molecule has 98 valence electrons. The third-order valence-corrected chi connectivity index (χ3v) is 2.93. The molecule has 0 N–H and O–H groups in total. The Kier molecular flexibility index (Phi) is 3.80. The van der Waals surface area contributed by atoms with Crippen molar-refractivity contribution in [2.24, 2.45) is 0 Å². The van der Waals surface area contributed by atoms with Crippen LogP contribution in [-0.2, 0) is 6.54 Å². The van der Waals surface area contributed by atoms with Crippen molar-refractivity contribution in [2.75, 3.05) is 7.11 Å². The van der Waals surface area contributed by atoms with E-state index in [4.69, 9.17) is 4.74 Å². The maximum absolute atomic E-state index is 12.2. The van der Waals surface area contributed by atoms with Crippen LogP contribution in [0.2, 0.25) is 0 Å². The van der Waals surface area contributed by atoms with E-state index in [9.17, 15) is 9.59 Å². The second-order valence-corrected chi connectivity index (χ2v) is 4.25. The zero-order valence-electron chi connectivity index (χ0n) is 10.9. The molecule has 1 aromatic carbocycles. The fourth-order valence-electron chi connectivity index (χ4n) is 1.90. The molecule has 0 aliphatic carbocycles. The van der Waals surface area contributed by atoms with Gasteiger partial charge in [-0.15, -0.1) is 0 Å². The number of benzene rings is 1. The molecule has 4 nitrogen and oxygen atoms in total. The van der Waals surface area contributed by atoms with E-state index in [-0.39, 0.29) is 17.9 Å². The van der Waals surface area contributed by atoms with E-state index >= 15 is 0 Å². The highest BCUT2D eigenvalue weighted by Gasteiger charge is 2.12. The smallest absolute Gasteiger partial charge is 0.253 e. The first kappa shape index (κ1) is 13.1. The van der Waals surface area contributed by atoms with Crippen molar-refractivity contribution in [3.63, 3.8) is 0 Å². The molecule has 0 amide bonds. The summed E-state index contributed by atoms with van der Waals surface area (Å²) in [5.74, 6) is 0.373. The molecule has 1 aromatic heterocycles. The third kappa shape index (κ3) is 2.73. The molecule has 0 saturated carbocycles. The summed E-state index contributed by atoms with van der Waals surface area (Å²) < 4.78 is 6.56. The van der Waals surface area contributed by atoms with Crippen molar-refractivity contribution in [3.8, 4) is 5.75 Å². The van der Waals surface area contributed by atoms with Crippen molar-refractivity contribution >= 4 is 5.78 Å². The first-order valence-electron chi connectivity index (χ1n) is 5.95. The summed E-state index contributed by atoms with van der Waals surface area (Å²) in [6.45, 7) is 1.74. The van der Waals surface area contributed by atoms with Crippen molar-refractivity contribution in [1.82, 2.24) is 4.57 Å². The van der Waals surface area contributed by atoms with Gasteiger partial charge < -0.3 is 9.30 Å². The first-order valence-corrected chi connectivity index (χ1v) is 5.95. The number of ketones is 1. The van der Waals surface area contributed by atoms with Crippen LogP contribution in [0.4, 0.5) is 0 Å². The Bertz CT molecular complexity index is 658. The zero-order valence-corrected chi connectivity index (χ0v) is 10.9. The number of Topliss-reactive ketones (excluding diaryl/α,β-unsaturated/α-hetero) is 1. The largest absolute Gasteiger partial charge is 0.496 e. The predicted octanol–water partition coefficient (Wildman–Crippen LogP) is 2.05. The number of hydrogen-bond acceptors (Lipinski definition) is 3. The van der Waals surface area contributed by atoms with Crippen LogP contribution in [0, 0.1) is 6.92 Å². The summed E-state index contributed by atoms with van der Waals surface area (Å²) >= 11 is 0. The van der Waals surface area contributed by atoms with Gasteiger partial charge >= 0.3 is 0 Å². The molecule has 0 atom stereocenters. The number of rotatable bonds is 4. The molecule has 1 heterocycles. The van der Waals surface area contributed by atoms with Crippen LogP contribution in [0.15, 0.2) is 47.4 Å². The van der Waals surface area contributed by atoms with Crippen LogP contribution < -0.4 is 10.3 Å². The average molecular weight is 257 g/mol. The van der Waals surface area contributed by atoms with Gasteiger partial charge in [0, 0.05) is 11.8 Å². The monoisotopic (exact) mass is 257 g/mol. The minimum absolute atomic E-state index is 0.0148. The van der Waals surface area contributed by atoms with E-state index < -0.39 is 0 Å². The third-order valence-electron chi connectivity index (χ3n) is 2.93. The maximum Gasteiger partial charge on any atom is 0.253 e. The SMILES string of the molecule is COc1ccccc1C(=O)Cn1cccc(C)c1=O. The molecule has 2 aromatic rings. The molecular weight excluding hydrogens is 242 g/mol. The van der Waals surface area contributed by atoms with E-state index in [1.807, 2.05) is 0 Å². The Labute approximate surface area is 111 Å². The predicted molar refractivity (Wildman–Crippen MR) is 72.8 cm³/mol. The van der Waals surface area contributed by atoms with Crippen molar-refractivity contribution < 1.29 is 9.53 Å². The van der Waals surface area contributed by atoms with Gasteiger partial charge in [0.1, 0.15) is 5.75 Å². The van der Waals surface area contributed by atoms with E-state index in [1.165, 1.54) is 11.7 Å². The van der Waals surface area contributed by atoms with E-state index in [1.54, 1.807) is 49.5 Å². The van der Waals surface area contributed by atoms with Gasteiger partial charge in [-0.05, 0) is 25.1 Å². The fraction of sp³-hybridized carbons (Fsp3) is 0.200. The molecular formula is C15H15NO3. The molecule has 4 heteroatoms. The summed E-state index contributed by atoms with van der Waals surface area (Å²) in [6.07, 6.45) is 1.61. The minimum Gasteiger partial charge on any atom is -0.496 e. The average Bonchev–Trinajstić information content (AvgIpc) is 2.43. The van der Waals surface area contributed by atoms with Crippen LogP contribution in [0.5, 0.6) is 5.75 Å². The summed E-state index contributed by atoms with van der Waals surface area (Å²) in [6, 6.07) is 10.5. The van der Waals surface area contributed by atoms with Crippen LogP contribution in [0.25, 0.3) is 0 Å². The van der Waals surface area contributed by atoms with Crippen LogP contribution in [-0.4, -0.2) is 17.5 Å². The second-order valence-electron chi connectivity index (χ2n) is 4.25. The number of methoxy groups -OCH3 is 1. The Hall–Kier alpha value is -2.36. The number of para-hydroxylation sites is 1. The number of carbonyl (C=O) groups is 1. The van der Waals surface area contributed by atoms with Crippen LogP contribution in [0.3, 0.4) is 0 Å².